The summed E-state index contributed by atoms with van der Waals surface area (Å²) in [5.41, 5.74) is 1.04. The molecule has 1 heterocycles. The Hall–Kier alpha value is -0.610. The maximum atomic E-state index is 4.37. The second kappa shape index (κ2) is 7.63. The van der Waals surface area contributed by atoms with Crippen LogP contribution in [0, 0.1) is 12.8 Å². The van der Waals surface area contributed by atoms with Gasteiger partial charge in [0.1, 0.15) is 0 Å². The highest BCUT2D eigenvalue weighted by molar-refractivity contribution is 7.99. The van der Waals surface area contributed by atoms with Gasteiger partial charge in [0.2, 0.25) is 0 Å². The lowest BCUT2D eigenvalue weighted by Gasteiger charge is -2.11. The maximum Gasteiger partial charge on any atom is 0.187 e. The summed E-state index contributed by atoms with van der Waals surface area (Å²) in [6, 6.07) is 1.93. The Labute approximate surface area is 102 Å². The molecule has 3 nitrogen and oxygen atoms in total. The zero-order valence-electron chi connectivity index (χ0n) is 10.4. The molecule has 1 unspecified atom stereocenters. The fourth-order valence-corrected chi connectivity index (χ4v) is 2.19. The van der Waals surface area contributed by atoms with Crippen LogP contribution in [0.4, 0.5) is 0 Å². The van der Waals surface area contributed by atoms with Crippen LogP contribution in [-0.4, -0.2) is 28.8 Å². The Morgan fingerprint density at radius 2 is 2.31 bits per heavy atom. The van der Waals surface area contributed by atoms with E-state index >= 15 is 0 Å². The normalized spacial score (nSPS) is 12.7. The molecular weight excluding hydrogens is 218 g/mol. The summed E-state index contributed by atoms with van der Waals surface area (Å²) >= 11 is 1.74. The summed E-state index contributed by atoms with van der Waals surface area (Å²) in [7, 11) is 0. The van der Waals surface area contributed by atoms with E-state index in [0.29, 0.717) is 5.92 Å². The monoisotopic (exact) mass is 239 g/mol. The van der Waals surface area contributed by atoms with E-state index in [4.69, 9.17) is 0 Å². The first kappa shape index (κ1) is 13.5. The first-order valence-corrected chi connectivity index (χ1v) is 6.84. The minimum atomic E-state index is 0.653. The molecule has 0 aromatic carbocycles. The molecular formula is C12H21N3S. The molecule has 1 N–H and O–H groups in total. The topological polar surface area (TPSA) is 37.8 Å². The third kappa shape index (κ3) is 5.47. The maximum absolute atomic E-state index is 4.37. The smallest absolute Gasteiger partial charge is 0.187 e. The van der Waals surface area contributed by atoms with Crippen molar-refractivity contribution in [2.75, 3.05) is 18.8 Å². The van der Waals surface area contributed by atoms with Gasteiger partial charge in [-0.3, -0.25) is 0 Å². The Morgan fingerprint density at radius 3 is 3.00 bits per heavy atom. The largest absolute Gasteiger partial charge is 0.316 e. The molecule has 90 valence electrons. The molecule has 0 aliphatic heterocycles. The van der Waals surface area contributed by atoms with Crippen molar-refractivity contribution in [1.29, 1.82) is 0 Å². The van der Waals surface area contributed by atoms with Crippen molar-refractivity contribution in [3.8, 4) is 0 Å². The highest BCUT2D eigenvalue weighted by Crippen LogP contribution is 2.15. The highest BCUT2D eigenvalue weighted by atomic mass is 32.2. The zero-order valence-corrected chi connectivity index (χ0v) is 11.2. The molecule has 0 saturated carbocycles. The molecule has 0 spiro atoms. The van der Waals surface area contributed by atoms with Gasteiger partial charge in [0.15, 0.2) is 5.16 Å². The summed E-state index contributed by atoms with van der Waals surface area (Å²) in [4.78, 5) is 8.61. The number of hydrogen-bond donors (Lipinski definition) is 1. The summed E-state index contributed by atoms with van der Waals surface area (Å²) in [6.07, 6.45) is 3.02. The number of hydrogen-bond acceptors (Lipinski definition) is 4. The van der Waals surface area contributed by atoms with Crippen molar-refractivity contribution in [2.24, 2.45) is 5.92 Å². The third-order valence-electron chi connectivity index (χ3n) is 2.19. The predicted molar refractivity (Wildman–Crippen MR) is 69.8 cm³/mol. The van der Waals surface area contributed by atoms with Gasteiger partial charge in [-0.2, -0.15) is 0 Å². The molecule has 0 radical (unpaired) electrons. The molecule has 0 amide bonds. The van der Waals surface area contributed by atoms with E-state index in [9.17, 15) is 0 Å². The van der Waals surface area contributed by atoms with E-state index in [1.165, 1.54) is 6.42 Å². The number of nitrogens with one attached hydrogen (secondary N) is 1. The van der Waals surface area contributed by atoms with Crippen LogP contribution in [0.2, 0.25) is 0 Å². The summed E-state index contributed by atoms with van der Waals surface area (Å²) in [5.74, 6) is 1.72. The van der Waals surface area contributed by atoms with E-state index < -0.39 is 0 Å². The summed E-state index contributed by atoms with van der Waals surface area (Å²) < 4.78 is 0. The lowest BCUT2D eigenvalue weighted by Crippen LogP contribution is -2.23. The van der Waals surface area contributed by atoms with Crippen molar-refractivity contribution in [3.63, 3.8) is 0 Å². The second-order valence-electron chi connectivity index (χ2n) is 4.10. The lowest BCUT2D eigenvalue weighted by atomic mass is 10.2. The first-order valence-electron chi connectivity index (χ1n) is 5.85. The Bertz CT molecular complexity index is 304. The fourth-order valence-electron chi connectivity index (χ4n) is 1.30. The third-order valence-corrected chi connectivity index (χ3v) is 3.38. The number of rotatable bonds is 7. The van der Waals surface area contributed by atoms with Crippen LogP contribution in [-0.2, 0) is 0 Å². The van der Waals surface area contributed by atoms with Gasteiger partial charge < -0.3 is 5.32 Å². The van der Waals surface area contributed by atoms with Crippen molar-refractivity contribution >= 4 is 11.8 Å². The molecule has 0 fully saturated rings. The number of aryl methyl sites for hydroxylation is 1. The fraction of sp³-hybridized carbons (Fsp3) is 0.667. The Kier molecular flexibility index (Phi) is 6.42. The highest BCUT2D eigenvalue weighted by Gasteiger charge is 2.04. The van der Waals surface area contributed by atoms with Crippen LogP contribution in [0.25, 0.3) is 0 Å². The van der Waals surface area contributed by atoms with E-state index in [1.807, 2.05) is 19.2 Å². The van der Waals surface area contributed by atoms with Gasteiger partial charge in [0.05, 0.1) is 0 Å². The van der Waals surface area contributed by atoms with E-state index in [1.54, 1.807) is 11.8 Å². The number of nitrogens with zero attached hydrogens (tertiary/aromatic N) is 2. The lowest BCUT2D eigenvalue weighted by molar-refractivity contribution is 0.556. The number of aromatic nitrogens is 2. The molecule has 1 rings (SSSR count). The zero-order chi connectivity index (χ0) is 11.8. The Morgan fingerprint density at radius 1 is 1.50 bits per heavy atom. The molecule has 0 bridgehead atoms. The Balaban J connectivity index is 2.23. The van der Waals surface area contributed by atoms with Gasteiger partial charge in [-0.15, -0.1) is 0 Å². The van der Waals surface area contributed by atoms with Gasteiger partial charge in [0, 0.05) is 17.6 Å². The second-order valence-corrected chi connectivity index (χ2v) is 5.09. The molecule has 4 heteroatoms. The van der Waals surface area contributed by atoms with Crippen LogP contribution in [0.15, 0.2) is 17.4 Å². The predicted octanol–water partition coefficient (Wildman–Crippen LogP) is 2.51. The average Bonchev–Trinajstić information content (AvgIpc) is 2.27. The van der Waals surface area contributed by atoms with Crippen LogP contribution in [0.1, 0.15) is 26.0 Å². The average molecular weight is 239 g/mol. The van der Waals surface area contributed by atoms with Gasteiger partial charge in [-0.1, -0.05) is 25.6 Å². The van der Waals surface area contributed by atoms with Crippen LogP contribution >= 0.6 is 11.8 Å². The van der Waals surface area contributed by atoms with Crippen LogP contribution < -0.4 is 5.32 Å². The molecule has 16 heavy (non-hydrogen) atoms. The van der Waals surface area contributed by atoms with E-state index in [0.717, 1.165) is 29.7 Å². The van der Waals surface area contributed by atoms with Crippen molar-refractivity contribution in [3.05, 3.63) is 18.0 Å². The molecule has 0 aliphatic rings. The van der Waals surface area contributed by atoms with Gasteiger partial charge in [-0.05, 0) is 38.4 Å². The number of thioether (sulfide) groups is 1. The van der Waals surface area contributed by atoms with Crippen LogP contribution in [0.5, 0.6) is 0 Å². The molecule has 1 atom stereocenters. The minimum absolute atomic E-state index is 0.653. The summed E-state index contributed by atoms with van der Waals surface area (Å²) in [5, 5.41) is 4.32. The minimum Gasteiger partial charge on any atom is -0.316 e. The van der Waals surface area contributed by atoms with Gasteiger partial charge >= 0.3 is 0 Å². The van der Waals surface area contributed by atoms with Crippen molar-refractivity contribution < 1.29 is 0 Å². The van der Waals surface area contributed by atoms with Crippen molar-refractivity contribution in [2.45, 2.75) is 32.3 Å². The van der Waals surface area contributed by atoms with E-state index in [-0.39, 0.29) is 0 Å². The van der Waals surface area contributed by atoms with Gasteiger partial charge in [-0.25, -0.2) is 9.97 Å². The standard InChI is InChI=1S/C12H21N3S/c1-4-6-13-8-10(2)9-16-12-14-7-5-11(3)15-12/h5,7,10,13H,4,6,8-9H2,1-3H3. The van der Waals surface area contributed by atoms with Crippen LogP contribution in [0.3, 0.4) is 0 Å². The molecule has 0 aliphatic carbocycles. The molecule has 0 saturated heterocycles. The van der Waals surface area contributed by atoms with Gasteiger partial charge in [0.25, 0.3) is 0 Å². The molecule has 1 aromatic heterocycles. The molecule has 1 aromatic rings. The first-order chi connectivity index (χ1) is 7.72. The van der Waals surface area contributed by atoms with Crippen molar-refractivity contribution in [1.82, 2.24) is 15.3 Å². The summed E-state index contributed by atoms with van der Waals surface area (Å²) in [6.45, 7) is 8.62. The SMILES string of the molecule is CCCNCC(C)CSc1nccc(C)n1. The van der Waals surface area contributed by atoms with E-state index in [2.05, 4.69) is 29.1 Å². The quantitative estimate of drug-likeness (QED) is 0.451.